The quantitative estimate of drug-likeness (QED) is 0.861. The van der Waals surface area contributed by atoms with E-state index in [0.29, 0.717) is 11.1 Å². The normalized spacial score (nSPS) is 23.0. The van der Waals surface area contributed by atoms with Crippen molar-refractivity contribution in [1.29, 1.82) is 0 Å². The van der Waals surface area contributed by atoms with E-state index in [1.807, 2.05) is 0 Å². The summed E-state index contributed by atoms with van der Waals surface area (Å²) in [6.07, 6.45) is 2.98. The Morgan fingerprint density at radius 3 is 2.89 bits per heavy atom. The van der Waals surface area contributed by atoms with E-state index in [9.17, 15) is 9.90 Å². The molecule has 1 aromatic carbocycles. The molecule has 0 bridgehead atoms. The van der Waals surface area contributed by atoms with Crippen LogP contribution in [-0.2, 0) is 4.74 Å². The molecule has 2 rings (SSSR count). The lowest BCUT2D eigenvalue weighted by Gasteiger charge is -2.14. The molecule has 2 unspecified atom stereocenters. The molecule has 0 aromatic heterocycles. The molecule has 0 spiro atoms. The molecular formula is C14H19NO3. The molecule has 0 aliphatic heterocycles. The average molecular weight is 249 g/mol. The number of nitrogens with one attached hydrogen (secondary N) is 1. The minimum absolute atomic E-state index is 0.0660. The molecule has 18 heavy (non-hydrogen) atoms. The predicted molar refractivity (Wildman–Crippen MR) is 68.7 cm³/mol. The lowest BCUT2D eigenvalue weighted by Crippen LogP contribution is -2.33. The highest BCUT2D eigenvalue weighted by atomic mass is 16.5. The highest BCUT2D eigenvalue weighted by Gasteiger charge is 2.26. The van der Waals surface area contributed by atoms with Gasteiger partial charge in [0.2, 0.25) is 0 Å². The Labute approximate surface area is 107 Å². The number of phenols is 1. The third-order valence-electron chi connectivity index (χ3n) is 3.54. The number of hydrogen-bond donors (Lipinski definition) is 2. The highest BCUT2D eigenvalue weighted by molar-refractivity contribution is 5.97. The van der Waals surface area contributed by atoms with Crippen LogP contribution in [0.3, 0.4) is 0 Å². The monoisotopic (exact) mass is 249 g/mol. The van der Waals surface area contributed by atoms with Crippen molar-refractivity contribution >= 4 is 5.91 Å². The fourth-order valence-electron chi connectivity index (χ4n) is 2.39. The molecule has 1 fully saturated rings. The minimum atomic E-state index is -0.210. The molecule has 0 heterocycles. The topological polar surface area (TPSA) is 58.6 Å². The number of aromatic hydroxyl groups is 1. The number of phenolic OH excluding ortho intramolecular Hbond substituents is 1. The van der Waals surface area contributed by atoms with Crippen LogP contribution in [0, 0.1) is 6.92 Å². The van der Waals surface area contributed by atoms with Crippen LogP contribution in [0.15, 0.2) is 18.2 Å². The van der Waals surface area contributed by atoms with Gasteiger partial charge in [0.25, 0.3) is 5.91 Å². The number of hydrogen-bond acceptors (Lipinski definition) is 3. The van der Waals surface area contributed by atoms with Gasteiger partial charge in [-0.1, -0.05) is 12.1 Å². The summed E-state index contributed by atoms with van der Waals surface area (Å²) in [6.45, 7) is 1.78. The van der Waals surface area contributed by atoms with Gasteiger partial charge in [-0.2, -0.15) is 0 Å². The van der Waals surface area contributed by atoms with Crippen molar-refractivity contribution in [2.45, 2.75) is 38.3 Å². The Hall–Kier alpha value is -1.55. The van der Waals surface area contributed by atoms with Gasteiger partial charge in [0, 0.05) is 13.2 Å². The zero-order valence-corrected chi connectivity index (χ0v) is 10.8. The number of aryl methyl sites for hydroxylation is 1. The van der Waals surface area contributed by atoms with Crippen LogP contribution < -0.4 is 5.32 Å². The first-order chi connectivity index (χ1) is 8.61. The van der Waals surface area contributed by atoms with E-state index in [-0.39, 0.29) is 23.8 Å². The van der Waals surface area contributed by atoms with E-state index in [4.69, 9.17) is 4.74 Å². The largest absolute Gasteiger partial charge is 0.507 e. The second-order valence-corrected chi connectivity index (χ2v) is 4.81. The van der Waals surface area contributed by atoms with Gasteiger partial charge < -0.3 is 15.2 Å². The van der Waals surface area contributed by atoms with Crippen molar-refractivity contribution in [3.63, 3.8) is 0 Å². The Balaban J connectivity index is 2.02. The molecule has 1 aromatic rings. The fraction of sp³-hybridized carbons (Fsp3) is 0.500. The summed E-state index contributed by atoms with van der Waals surface area (Å²) in [5.74, 6) is -0.144. The van der Waals surface area contributed by atoms with Crippen molar-refractivity contribution in [3.8, 4) is 5.75 Å². The molecule has 98 valence electrons. The highest BCUT2D eigenvalue weighted by Crippen LogP contribution is 2.24. The summed E-state index contributed by atoms with van der Waals surface area (Å²) in [5.41, 5.74) is 1.06. The maximum atomic E-state index is 12.1. The Morgan fingerprint density at radius 1 is 1.44 bits per heavy atom. The number of carbonyl (C=O) groups is 1. The summed E-state index contributed by atoms with van der Waals surface area (Å²) in [6, 6.07) is 5.34. The van der Waals surface area contributed by atoms with Gasteiger partial charge in [0.05, 0.1) is 11.7 Å². The Morgan fingerprint density at radius 2 is 2.22 bits per heavy atom. The zero-order valence-electron chi connectivity index (χ0n) is 10.8. The third-order valence-corrected chi connectivity index (χ3v) is 3.54. The number of rotatable bonds is 3. The first-order valence-electron chi connectivity index (χ1n) is 6.24. The molecule has 2 N–H and O–H groups in total. The zero-order chi connectivity index (χ0) is 13.1. The molecule has 0 saturated heterocycles. The average Bonchev–Trinajstić information content (AvgIpc) is 2.80. The maximum Gasteiger partial charge on any atom is 0.255 e. The van der Waals surface area contributed by atoms with Crippen LogP contribution in [0.1, 0.15) is 35.2 Å². The second-order valence-electron chi connectivity index (χ2n) is 4.81. The number of carbonyl (C=O) groups excluding carboxylic acids is 1. The summed E-state index contributed by atoms with van der Waals surface area (Å²) in [4.78, 5) is 12.1. The molecule has 4 nitrogen and oxygen atoms in total. The van der Waals surface area contributed by atoms with Crippen molar-refractivity contribution < 1.29 is 14.6 Å². The molecule has 1 aliphatic rings. The molecule has 0 radical (unpaired) electrons. The van der Waals surface area contributed by atoms with E-state index in [1.165, 1.54) is 0 Å². The van der Waals surface area contributed by atoms with Gasteiger partial charge in [-0.05, 0) is 37.8 Å². The van der Waals surface area contributed by atoms with Crippen LogP contribution in [0.5, 0.6) is 5.75 Å². The Kier molecular flexibility index (Phi) is 3.87. The number of benzene rings is 1. The van der Waals surface area contributed by atoms with Crippen LogP contribution in [0.4, 0.5) is 0 Å². The van der Waals surface area contributed by atoms with Gasteiger partial charge >= 0.3 is 0 Å². The van der Waals surface area contributed by atoms with Crippen molar-refractivity contribution in [1.82, 2.24) is 5.32 Å². The number of ether oxygens (including phenoxy) is 1. The molecule has 1 saturated carbocycles. The van der Waals surface area contributed by atoms with Crippen LogP contribution in [0.2, 0.25) is 0 Å². The van der Waals surface area contributed by atoms with E-state index in [0.717, 1.165) is 19.3 Å². The van der Waals surface area contributed by atoms with Crippen LogP contribution in [0.25, 0.3) is 0 Å². The SMILES string of the molecule is COC1CCC(NC(=O)c2cccc(C)c2O)C1. The van der Waals surface area contributed by atoms with E-state index < -0.39 is 0 Å². The van der Waals surface area contributed by atoms with E-state index in [1.54, 1.807) is 32.2 Å². The summed E-state index contributed by atoms with van der Waals surface area (Å²) in [7, 11) is 1.70. The summed E-state index contributed by atoms with van der Waals surface area (Å²) >= 11 is 0. The van der Waals surface area contributed by atoms with Gasteiger partial charge in [-0.3, -0.25) is 4.79 Å². The van der Waals surface area contributed by atoms with E-state index >= 15 is 0 Å². The fourth-order valence-corrected chi connectivity index (χ4v) is 2.39. The predicted octanol–water partition coefficient (Wildman–Crippen LogP) is 2.00. The molecule has 1 aliphatic carbocycles. The molecule has 4 heteroatoms. The summed E-state index contributed by atoms with van der Waals surface area (Å²) in [5, 5.41) is 12.8. The second kappa shape index (κ2) is 5.40. The van der Waals surface area contributed by atoms with Crippen molar-refractivity contribution in [3.05, 3.63) is 29.3 Å². The van der Waals surface area contributed by atoms with Gasteiger partial charge in [0.15, 0.2) is 0 Å². The van der Waals surface area contributed by atoms with Crippen molar-refractivity contribution in [2.24, 2.45) is 0 Å². The number of methoxy groups -OCH3 is 1. The molecule has 1 amide bonds. The standard InChI is InChI=1S/C14H19NO3/c1-9-4-3-5-12(13(9)16)14(17)15-10-6-7-11(8-10)18-2/h3-5,10-11,16H,6-8H2,1-2H3,(H,15,17). The minimum Gasteiger partial charge on any atom is -0.507 e. The van der Waals surface area contributed by atoms with Crippen LogP contribution >= 0.6 is 0 Å². The maximum absolute atomic E-state index is 12.1. The van der Waals surface area contributed by atoms with Crippen LogP contribution in [-0.4, -0.2) is 30.3 Å². The van der Waals surface area contributed by atoms with E-state index in [2.05, 4.69) is 5.32 Å². The van der Waals surface area contributed by atoms with Crippen molar-refractivity contribution in [2.75, 3.05) is 7.11 Å². The number of amides is 1. The van der Waals surface area contributed by atoms with Gasteiger partial charge in [-0.15, -0.1) is 0 Å². The Bertz CT molecular complexity index is 445. The third kappa shape index (κ3) is 2.64. The number of para-hydroxylation sites is 1. The first kappa shape index (κ1) is 12.9. The molecular weight excluding hydrogens is 230 g/mol. The summed E-state index contributed by atoms with van der Waals surface area (Å²) < 4.78 is 5.27. The van der Waals surface area contributed by atoms with Gasteiger partial charge in [0.1, 0.15) is 5.75 Å². The first-order valence-corrected chi connectivity index (χ1v) is 6.24. The smallest absolute Gasteiger partial charge is 0.255 e. The molecule has 2 atom stereocenters. The van der Waals surface area contributed by atoms with Gasteiger partial charge in [-0.25, -0.2) is 0 Å². The lowest BCUT2D eigenvalue weighted by atomic mass is 10.1. The lowest BCUT2D eigenvalue weighted by molar-refractivity contribution is 0.0912.